The van der Waals surface area contributed by atoms with E-state index >= 15 is 8.78 Å². The number of likely N-dealkylation sites (tertiary alicyclic amines) is 1. The smallest absolute Gasteiger partial charge is 0.264 e. The van der Waals surface area contributed by atoms with Crippen molar-refractivity contribution in [3.63, 3.8) is 0 Å². The predicted octanol–water partition coefficient (Wildman–Crippen LogP) is 3.61. The van der Waals surface area contributed by atoms with Crippen molar-refractivity contribution in [2.45, 2.75) is 37.5 Å². The third-order valence-corrected chi connectivity index (χ3v) is 8.80. The van der Waals surface area contributed by atoms with E-state index in [1.54, 1.807) is 11.0 Å². The number of piperidine rings is 1. The van der Waals surface area contributed by atoms with E-state index in [1.807, 2.05) is 0 Å². The van der Waals surface area contributed by atoms with Gasteiger partial charge in [0.05, 0.1) is 34.9 Å². The number of anilines is 2. The number of nitrogens with zero attached hydrogens (tertiary/aromatic N) is 3. The van der Waals surface area contributed by atoms with Gasteiger partial charge >= 0.3 is 0 Å². The van der Waals surface area contributed by atoms with Gasteiger partial charge < -0.3 is 26.2 Å². The molecule has 3 unspecified atom stereocenters. The van der Waals surface area contributed by atoms with Gasteiger partial charge in [-0.25, -0.2) is 18.6 Å². The van der Waals surface area contributed by atoms with Gasteiger partial charge in [-0.1, -0.05) is 6.07 Å². The number of thiophene rings is 1. The lowest BCUT2D eigenvalue weighted by atomic mass is 9.99. The molecule has 2 fully saturated rings. The highest BCUT2D eigenvalue weighted by Gasteiger charge is 2.34. The normalized spacial score (nSPS) is 20.8. The van der Waals surface area contributed by atoms with Crippen LogP contribution in [0.5, 0.6) is 0 Å². The van der Waals surface area contributed by atoms with Crippen LogP contribution in [0.2, 0.25) is 0 Å². The van der Waals surface area contributed by atoms with Gasteiger partial charge in [0.1, 0.15) is 17.6 Å². The molecule has 6 N–H and O–H groups in total. The Balaban J connectivity index is 1.63. The van der Waals surface area contributed by atoms with Crippen LogP contribution in [-0.4, -0.2) is 67.5 Å². The van der Waals surface area contributed by atoms with Crippen molar-refractivity contribution < 1.29 is 27.8 Å². The first-order valence-corrected chi connectivity index (χ1v) is 14.3. The molecule has 0 bridgehead atoms. The van der Waals surface area contributed by atoms with Crippen LogP contribution < -0.4 is 21.9 Å². The van der Waals surface area contributed by atoms with E-state index in [2.05, 4.69) is 5.43 Å². The molecule has 3 atom stereocenters. The van der Waals surface area contributed by atoms with Crippen LogP contribution in [0.1, 0.15) is 34.5 Å². The number of nitriles is 1. The molecule has 3 heterocycles. The second kappa shape index (κ2) is 12.3. The van der Waals surface area contributed by atoms with Crippen LogP contribution in [0.25, 0.3) is 21.6 Å². The first-order chi connectivity index (χ1) is 20.1. The van der Waals surface area contributed by atoms with Crippen molar-refractivity contribution in [1.82, 2.24) is 10.3 Å². The number of carbonyl (C=O) groups excluding carboxylic acids is 1. The number of amides is 1. The van der Waals surface area contributed by atoms with Crippen LogP contribution in [0.4, 0.5) is 24.5 Å². The number of ether oxygens (including phenoxy) is 1. The molecule has 222 valence electrons. The van der Waals surface area contributed by atoms with Crippen molar-refractivity contribution in [3.8, 4) is 27.6 Å². The Labute approximate surface area is 245 Å². The molecule has 42 heavy (non-hydrogen) atoms. The Kier molecular flexibility index (Phi) is 8.72. The van der Waals surface area contributed by atoms with Gasteiger partial charge in [-0.3, -0.25) is 9.80 Å². The van der Waals surface area contributed by atoms with Gasteiger partial charge in [0.15, 0.2) is 11.6 Å². The number of hydrogen-bond donors (Lipinski definition) is 4. The Bertz CT molecular complexity index is 1540. The SMILES string of the molecule is CNN(c1c(N)cc(-c2sc(C(=O)N3CCCC(N)C3)cc2-c2ccc(C#N)c(F)c2)c(F)c1F)C1COCCC1O. The molecule has 0 saturated carbocycles. The number of nitrogens with one attached hydrogen (secondary N) is 1. The molecule has 0 radical (unpaired) electrons. The van der Waals surface area contributed by atoms with Gasteiger partial charge in [0.2, 0.25) is 0 Å². The Morgan fingerprint density at radius 2 is 2.00 bits per heavy atom. The molecule has 2 saturated heterocycles. The highest BCUT2D eigenvalue weighted by Crippen LogP contribution is 2.45. The summed E-state index contributed by atoms with van der Waals surface area (Å²) in [5.74, 6) is -3.62. The fourth-order valence-corrected chi connectivity index (χ4v) is 6.64. The average Bonchev–Trinajstić information content (AvgIpc) is 3.42. The summed E-state index contributed by atoms with van der Waals surface area (Å²) in [5.41, 5.74) is 14.9. The van der Waals surface area contributed by atoms with Crippen molar-refractivity contribution >= 4 is 28.6 Å². The highest BCUT2D eigenvalue weighted by molar-refractivity contribution is 7.18. The first kappa shape index (κ1) is 29.8. The minimum Gasteiger partial charge on any atom is -0.397 e. The number of benzene rings is 2. The van der Waals surface area contributed by atoms with Gasteiger partial charge in [0.25, 0.3) is 5.91 Å². The fraction of sp³-hybridized carbons (Fsp3) is 0.379. The maximum absolute atomic E-state index is 16.0. The Morgan fingerprint density at radius 1 is 1.21 bits per heavy atom. The van der Waals surface area contributed by atoms with Crippen LogP contribution in [0.15, 0.2) is 30.3 Å². The highest BCUT2D eigenvalue weighted by atomic mass is 32.1. The lowest BCUT2D eigenvalue weighted by Crippen LogP contribution is -2.55. The van der Waals surface area contributed by atoms with E-state index in [0.717, 1.165) is 30.2 Å². The number of hydrogen-bond acceptors (Lipinski definition) is 9. The number of hydrazine groups is 1. The summed E-state index contributed by atoms with van der Waals surface area (Å²) in [7, 11) is 1.49. The van der Waals surface area contributed by atoms with Gasteiger partial charge in [0, 0.05) is 48.8 Å². The van der Waals surface area contributed by atoms with E-state index in [9.17, 15) is 14.3 Å². The minimum absolute atomic E-state index is 0.0647. The molecule has 13 heteroatoms. The molecular formula is C29H31F3N6O3S. The number of halogens is 3. The quantitative estimate of drug-likeness (QED) is 0.249. The lowest BCUT2D eigenvalue weighted by molar-refractivity contribution is -0.00845. The van der Waals surface area contributed by atoms with E-state index < -0.39 is 29.6 Å². The Hall–Kier alpha value is -3.67. The van der Waals surface area contributed by atoms with Crippen molar-refractivity contribution in [3.05, 3.63) is 58.2 Å². The summed E-state index contributed by atoms with van der Waals surface area (Å²) < 4.78 is 52.0. The van der Waals surface area contributed by atoms with Gasteiger partial charge in [-0.2, -0.15) is 5.26 Å². The standard InChI is InChI=1S/C29H31F3N6O3S/c1-36-38(22-14-41-8-6-23(22)39)27-21(35)10-19(25(31)26(27)32)28-18(15-4-5-16(12-33)20(30)9-15)11-24(42-28)29(40)37-7-2-3-17(34)13-37/h4-5,9-11,17,22-23,36,39H,2-3,6-8,13-14,34-35H2,1H3. The number of nitrogen functional groups attached to an aromatic ring is 1. The van der Waals surface area contributed by atoms with Crippen molar-refractivity contribution in [2.24, 2.45) is 5.73 Å². The maximum atomic E-state index is 16.0. The summed E-state index contributed by atoms with van der Waals surface area (Å²) in [6.07, 6.45) is 0.959. The molecule has 1 amide bonds. The zero-order valence-corrected chi connectivity index (χ0v) is 23.7. The van der Waals surface area contributed by atoms with E-state index in [-0.39, 0.29) is 61.9 Å². The molecule has 3 aromatic rings. The largest absolute Gasteiger partial charge is 0.397 e. The van der Waals surface area contributed by atoms with Crippen LogP contribution in [0, 0.1) is 28.8 Å². The number of aliphatic hydroxyl groups is 1. The van der Waals surface area contributed by atoms with Gasteiger partial charge in [-0.15, -0.1) is 11.3 Å². The average molecular weight is 601 g/mol. The molecule has 2 aliphatic heterocycles. The number of rotatable bonds is 6. The minimum atomic E-state index is -1.27. The van der Waals surface area contributed by atoms with Crippen LogP contribution in [-0.2, 0) is 4.74 Å². The monoisotopic (exact) mass is 600 g/mol. The molecule has 0 aliphatic carbocycles. The molecule has 2 aromatic carbocycles. The van der Waals surface area contributed by atoms with Crippen LogP contribution in [0.3, 0.4) is 0 Å². The van der Waals surface area contributed by atoms with E-state index in [4.69, 9.17) is 21.5 Å². The molecule has 2 aliphatic rings. The number of carbonyl (C=O) groups is 1. The maximum Gasteiger partial charge on any atom is 0.264 e. The Morgan fingerprint density at radius 3 is 2.67 bits per heavy atom. The third kappa shape index (κ3) is 5.56. The molecule has 1 aromatic heterocycles. The van der Waals surface area contributed by atoms with Crippen molar-refractivity contribution in [2.75, 3.05) is 44.1 Å². The number of nitrogens with two attached hydrogens (primary N) is 2. The molecule has 5 rings (SSSR count). The summed E-state index contributed by atoms with van der Waals surface area (Å²) in [4.78, 5) is 15.5. The van der Waals surface area contributed by atoms with Gasteiger partial charge in [-0.05, 0) is 49.1 Å². The topological polar surface area (TPSA) is 141 Å². The lowest BCUT2D eigenvalue weighted by Gasteiger charge is -2.38. The van der Waals surface area contributed by atoms with Crippen LogP contribution >= 0.6 is 11.3 Å². The second-order valence-electron chi connectivity index (χ2n) is 10.4. The van der Waals surface area contributed by atoms with Crippen molar-refractivity contribution in [1.29, 1.82) is 5.26 Å². The summed E-state index contributed by atoms with van der Waals surface area (Å²) in [5, 5.41) is 20.9. The fourth-order valence-electron chi connectivity index (χ4n) is 5.48. The molecule has 9 nitrogen and oxygen atoms in total. The number of aliphatic hydroxyl groups excluding tert-OH is 1. The predicted molar refractivity (Wildman–Crippen MR) is 154 cm³/mol. The summed E-state index contributed by atoms with van der Waals surface area (Å²) in [6, 6.07) is 7.52. The first-order valence-electron chi connectivity index (χ1n) is 13.5. The van der Waals surface area contributed by atoms with E-state index in [0.29, 0.717) is 26.1 Å². The van der Waals surface area contributed by atoms with E-state index in [1.165, 1.54) is 36.3 Å². The molecule has 0 spiro atoms. The summed E-state index contributed by atoms with van der Waals surface area (Å²) >= 11 is 0.935. The zero-order chi connectivity index (χ0) is 30.1. The summed E-state index contributed by atoms with van der Waals surface area (Å²) in [6.45, 7) is 1.26. The zero-order valence-electron chi connectivity index (χ0n) is 22.9. The second-order valence-corrected chi connectivity index (χ2v) is 11.4. The third-order valence-electron chi connectivity index (χ3n) is 7.65. The molecular weight excluding hydrogens is 569 g/mol.